The molecule has 0 amide bonds. The molecule has 1 unspecified atom stereocenters. The van der Waals surface area contributed by atoms with Gasteiger partial charge in [0.15, 0.2) is 0 Å². The molecule has 1 fully saturated rings. The van der Waals surface area contributed by atoms with E-state index in [1.807, 2.05) is 0 Å². The Hall–Kier alpha value is -0.820. The first-order valence-corrected chi connectivity index (χ1v) is 6.13. The normalized spacial score (nSPS) is 17.7. The molecule has 1 aromatic rings. The third-order valence-electron chi connectivity index (χ3n) is 3.28. The lowest BCUT2D eigenvalue weighted by atomic mass is 10.1. The van der Waals surface area contributed by atoms with Gasteiger partial charge in [-0.15, -0.1) is 0 Å². The van der Waals surface area contributed by atoms with Gasteiger partial charge in [-0.25, -0.2) is 0 Å². The van der Waals surface area contributed by atoms with Crippen LogP contribution in [0.25, 0.3) is 0 Å². The van der Waals surface area contributed by atoms with Crippen LogP contribution < -0.4 is 5.32 Å². The van der Waals surface area contributed by atoms with Gasteiger partial charge in [-0.05, 0) is 50.6 Å². The first-order chi connectivity index (χ1) is 7.36. The Bertz CT molecular complexity index is 277. The van der Waals surface area contributed by atoms with E-state index in [1.54, 1.807) is 0 Å². The first-order valence-electron chi connectivity index (χ1n) is 6.13. The Morgan fingerprint density at radius 3 is 2.67 bits per heavy atom. The largest absolute Gasteiger partial charge is 0.314 e. The van der Waals surface area contributed by atoms with Gasteiger partial charge in [0.1, 0.15) is 0 Å². The molecule has 1 heteroatoms. The Kier molecular flexibility index (Phi) is 3.79. The maximum atomic E-state index is 3.61. The van der Waals surface area contributed by atoms with Crippen LogP contribution in [0.5, 0.6) is 0 Å². The summed E-state index contributed by atoms with van der Waals surface area (Å²) in [5.74, 6) is 0.974. The van der Waals surface area contributed by atoms with Crippen molar-refractivity contribution in [1.29, 1.82) is 0 Å². The van der Waals surface area contributed by atoms with Crippen LogP contribution in [-0.2, 0) is 6.42 Å². The average molecular weight is 203 g/mol. The summed E-state index contributed by atoms with van der Waals surface area (Å²) in [5, 5.41) is 3.61. The van der Waals surface area contributed by atoms with Gasteiger partial charge < -0.3 is 5.32 Å². The molecule has 0 saturated heterocycles. The molecule has 0 aromatic heterocycles. The third-order valence-corrected chi connectivity index (χ3v) is 3.28. The summed E-state index contributed by atoms with van der Waals surface area (Å²) >= 11 is 0. The van der Waals surface area contributed by atoms with Crippen LogP contribution in [0.4, 0.5) is 0 Å². The van der Waals surface area contributed by atoms with Crippen LogP contribution in [0.3, 0.4) is 0 Å². The van der Waals surface area contributed by atoms with E-state index in [4.69, 9.17) is 0 Å². The van der Waals surface area contributed by atoms with Gasteiger partial charge in [0.05, 0.1) is 0 Å². The summed E-state index contributed by atoms with van der Waals surface area (Å²) in [4.78, 5) is 0. The van der Waals surface area contributed by atoms with Crippen molar-refractivity contribution >= 4 is 0 Å². The molecular weight excluding hydrogens is 182 g/mol. The van der Waals surface area contributed by atoms with Crippen LogP contribution >= 0.6 is 0 Å². The summed E-state index contributed by atoms with van der Waals surface area (Å²) in [6, 6.07) is 11.5. The number of benzene rings is 1. The zero-order valence-corrected chi connectivity index (χ0v) is 9.58. The molecule has 0 spiro atoms. The van der Waals surface area contributed by atoms with Crippen LogP contribution in [-0.4, -0.2) is 12.6 Å². The Morgan fingerprint density at radius 2 is 2.00 bits per heavy atom. The van der Waals surface area contributed by atoms with Gasteiger partial charge >= 0.3 is 0 Å². The van der Waals surface area contributed by atoms with Gasteiger partial charge in [-0.1, -0.05) is 30.3 Å². The lowest BCUT2D eigenvalue weighted by Crippen LogP contribution is -2.28. The standard InChI is InChI=1S/C14H21N/c1-12(14-9-10-14)15-11-5-8-13-6-3-2-4-7-13/h2-4,6-7,12,14-15H,5,8-11H2,1H3. The van der Waals surface area contributed by atoms with Crippen molar-refractivity contribution in [3.05, 3.63) is 35.9 Å². The van der Waals surface area contributed by atoms with Gasteiger partial charge in [0, 0.05) is 6.04 Å². The fourth-order valence-corrected chi connectivity index (χ4v) is 2.03. The van der Waals surface area contributed by atoms with Crippen LogP contribution in [0, 0.1) is 5.92 Å². The molecule has 1 N–H and O–H groups in total. The molecule has 1 atom stereocenters. The van der Waals surface area contributed by atoms with Crippen LogP contribution in [0.2, 0.25) is 0 Å². The minimum atomic E-state index is 0.737. The minimum Gasteiger partial charge on any atom is -0.314 e. The number of hydrogen-bond donors (Lipinski definition) is 1. The molecule has 0 radical (unpaired) electrons. The molecule has 1 nitrogen and oxygen atoms in total. The maximum Gasteiger partial charge on any atom is 0.00670 e. The number of nitrogens with one attached hydrogen (secondary N) is 1. The van der Waals surface area contributed by atoms with E-state index in [-0.39, 0.29) is 0 Å². The lowest BCUT2D eigenvalue weighted by molar-refractivity contribution is 0.490. The number of hydrogen-bond acceptors (Lipinski definition) is 1. The molecule has 15 heavy (non-hydrogen) atoms. The van der Waals surface area contributed by atoms with E-state index in [2.05, 4.69) is 42.6 Å². The molecule has 0 bridgehead atoms. The molecular formula is C14H21N. The molecule has 0 heterocycles. The average Bonchev–Trinajstić information content (AvgIpc) is 3.09. The monoisotopic (exact) mass is 203 g/mol. The molecule has 1 aliphatic rings. The molecule has 0 aliphatic heterocycles. The second-order valence-corrected chi connectivity index (χ2v) is 4.67. The van der Waals surface area contributed by atoms with E-state index in [9.17, 15) is 0 Å². The summed E-state index contributed by atoms with van der Waals surface area (Å²) in [6.45, 7) is 3.48. The Balaban J connectivity index is 1.58. The highest BCUT2D eigenvalue weighted by atomic mass is 14.9. The second-order valence-electron chi connectivity index (χ2n) is 4.67. The van der Waals surface area contributed by atoms with Crippen molar-refractivity contribution in [2.24, 2.45) is 5.92 Å². The van der Waals surface area contributed by atoms with Gasteiger partial charge in [-0.2, -0.15) is 0 Å². The van der Waals surface area contributed by atoms with Crippen molar-refractivity contribution in [2.45, 2.75) is 38.6 Å². The van der Waals surface area contributed by atoms with E-state index in [1.165, 1.54) is 31.2 Å². The second kappa shape index (κ2) is 5.32. The zero-order valence-electron chi connectivity index (χ0n) is 9.58. The third kappa shape index (κ3) is 3.67. The molecule has 1 aliphatic carbocycles. The summed E-state index contributed by atoms with van der Waals surface area (Å²) in [7, 11) is 0. The number of aryl methyl sites for hydroxylation is 1. The molecule has 1 aromatic carbocycles. The van der Waals surface area contributed by atoms with Gasteiger partial charge in [-0.3, -0.25) is 0 Å². The predicted octanol–water partition coefficient (Wildman–Crippen LogP) is 3.01. The van der Waals surface area contributed by atoms with E-state index >= 15 is 0 Å². The van der Waals surface area contributed by atoms with Crippen molar-refractivity contribution in [1.82, 2.24) is 5.32 Å². The Morgan fingerprint density at radius 1 is 1.27 bits per heavy atom. The highest BCUT2D eigenvalue weighted by molar-refractivity contribution is 5.14. The van der Waals surface area contributed by atoms with E-state index in [0.717, 1.165) is 18.5 Å². The summed E-state index contributed by atoms with van der Waals surface area (Å²) in [5.41, 5.74) is 1.46. The predicted molar refractivity (Wildman–Crippen MR) is 65.0 cm³/mol. The smallest absolute Gasteiger partial charge is 0.00670 e. The highest BCUT2D eigenvalue weighted by Crippen LogP contribution is 2.32. The number of rotatable bonds is 6. The highest BCUT2D eigenvalue weighted by Gasteiger charge is 2.26. The minimum absolute atomic E-state index is 0.737. The van der Waals surface area contributed by atoms with Gasteiger partial charge in [0.2, 0.25) is 0 Å². The van der Waals surface area contributed by atoms with Gasteiger partial charge in [0.25, 0.3) is 0 Å². The SMILES string of the molecule is CC(NCCCc1ccccc1)C1CC1. The molecule has 2 rings (SSSR count). The van der Waals surface area contributed by atoms with Crippen LogP contribution in [0.1, 0.15) is 31.7 Å². The topological polar surface area (TPSA) is 12.0 Å². The molecule has 1 saturated carbocycles. The summed E-state index contributed by atoms with van der Waals surface area (Å²) < 4.78 is 0. The van der Waals surface area contributed by atoms with Crippen molar-refractivity contribution in [3.8, 4) is 0 Å². The van der Waals surface area contributed by atoms with Crippen molar-refractivity contribution in [2.75, 3.05) is 6.54 Å². The lowest BCUT2D eigenvalue weighted by Gasteiger charge is -2.12. The zero-order chi connectivity index (χ0) is 10.5. The Labute approximate surface area is 92.9 Å². The fraction of sp³-hybridized carbons (Fsp3) is 0.571. The van der Waals surface area contributed by atoms with E-state index in [0.29, 0.717) is 0 Å². The van der Waals surface area contributed by atoms with E-state index < -0.39 is 0 Å². The first kappa shape index (κ1) is 10.7. The van der Waals surface area contributed by atoms with Crippen LogP contribution in [0.15, 0.2) is 30.3 Å². The fourth-order valence-electron chi connectivity index (χ4n) is 2.03. The van der Waals surface area contributed by atoms with Crippen molar-refractivity contribution < 1.29 is 0 Å². The van der Waals surface area contributed by atoms with Crippen molar-refractivity contribution in [3.63, 3.8) is 0 Å². The quantitative estimate of drug-likeness (QED) is 0.701. The summed E-state index contributed by atoms with van der Waals surface area (Å²) in [6.07, 6.45) is 5.33. The molecule has 82 valence electrons. The maximum absolute atomic E-state index is 3.61.